The summed E-state index contributed by atoms with van der Waals surface area (Å²) in [5.74, 6) is -0.191. The van der Waals surface area contributed by atoms with Gasteiger partial charge >= 0.3 is 0 Å². The molecular weight excluding hydrogens is 261 g/mol. The molecule has 0 saturated heterocycles. The van der Waals surface area contributed by atoms with Crippen molar-refractivity contribution in [3.05, 3.63) is 30.1 Å². The van der Waals surface area contributed by atoms with Crippen LogP contribution in [0.4, 0.5) is 4.39 Å². The number of hydrogen-bond donors (Lipinski definition) is 0. The van der Waals surface area contributed by atoms with E-state index in [1.165, 1.54) is 6.07 Å². The van der Waals surface area contributed by atoms with Crippen LogP contribution in [0.5, 0.6) is 5.75 Å². The molecule has 4 nitrogen and oxygen atoms in total. The van der Waals surface area contributed by atoms with Crippen molar-refractivity contribution < 1.29 is 18.7 Å². The summed E-state index contributed by atoms with van der Waals surface area (Å²) in [4.78, 5) is 13.5. The minimum absolute atomic E-state index is 0.0576. The van der Waals surface area contributed by atoms with Crippen LogP contribution in [0.2, 0.25) is 0 Å². The first-order chi connectivity index (χ1) is 9.56. The molecule has 0 aliphatic heterocycles. The van der Waals surface area contributed by atoms with Gasteiger partial charge in [-0.15, -0.1) is 0 Å². The highest BCUT2D eigenvalue weighted by molar-refractivity contribution is 5.80. The third kappa shape index (κ3) is 5.17. The second-order valence-electron chi connectivity index (χ2n) is 4.49. The van der Waals surface area contributed by atoms with Crippen molar-refractivity contribution in [2.45, 2.75) is 26.4 Å². The molecular formula is C15H22FNO3. The van der Waals surface area contributed by atoms with Gasteiger partial charge in [-0.2, -0.15) is 0 Å². The fourth-order valence-electron chi connectivity index (χ4n) is 1.79. The van der Waals surface area contributed by atoms with Crippen LogP contribution in [0, 0.1) is 5.82 Å². The number of likely N-dealkylation sites (N-methyl/N-ethyl adjacent to an activating group) is 1. The van der Waals surface area contributed by atoms with E-state index in [0.29, 0.717) is 26.2 Å². The Morgan fingerprint density at radius 1 is 1.40 bits per heavy atom. The predicted molar refractivity (Wildman–Crippen MR) is 75.2 cm³/mol. The fourth-order valence-corrected chi connectivity index (χ4v) is 1.79. The van der Waals surface area contributed by atoms with E-state index in [2.05, 4.69) is 0 Å². The van der Waals surface area contributed by atoms with E-state index in [0.717, 1.165) is 0 Å². The Kier molecular flexibility index (Phi) is 7.01. The minimum Gasteiger partial charge on any atom is -0.490 e. The summed E-state index contributed by atoms with van der Waals surface area (Å²) in [7, 11) is 1.72. The van der Waals surface area contributed by atoms with Gasteiger partial charge in [-0.1, -0.05) is 12.1 Å². The second kappa shape index (κ2) is 8.53. The van der Waals surface area contributed by atoms with E-state index in [1.54, 1.807) is 37.1 Å². The molecule has 0 aromatic heterocycles. The number of hydrogen-bond acceptors (Lipinski definition) is 3. The first-order valence-electron chi connectivity index (χ1n) is 6.80. The Hall–Kier alpha value is -1.62. The van der Waals surface area contributed by atoms with Crippen LogP contribution in [0.1, 0.15) is 20.3 Å². The number of para-hydroxylation sites is 1. The average molecular weight is 283 g/mol. The second-order valence-corrected chi connectivity index (χ2v) is 4.49. The lowest BCUT2D eigenvalue weighted by atomic mass is 10.3. The minimum atomic E-state index is -0.433. The molecule has 0 heterocycles. The average Bonchev–Trinajstić information content (AvgIpc) is 2.44. The number of benzene rings is 1. The first-order valence-corrected chi connectivity index (χ1v) is 6.80. The van der Waals surface area contributed by atoms with E-state index in [4.69, 9.17) is 9.47 Å². The Bertz CT molecular complexity index is 425. The molecule has 20 heavy (non-hydrogen) atoms. The third-order valence-electron chi connectivity index (χ3n) is 2.87. The number of carbonyl (C=O) groups is 1. The topological polar surface area (TPSA) is 38.8 Å². The van der Waals surface area contributed by atoms with Crippen molar-refractivity contribution in [3.63, 3.8) is 0 Å². The van der Waals surface area contributed by atoms with Crippen molar-refractivity contribution in [3.8, 4) is 5.75 Å². The van der Waals surface area contributed by atoms with Crippen molar-refractivity contribution in [2.24, 2.45) is 0 Å². The largest absolute Gasteiger partial charge is 0.490 e. The van der Waals surface area contributed by atoms with Crippen molar-refractivity contribution in [2.75, 3.05) is 26.8 Å². The normalized spacial score (nSPS) is 12.0. The highest BCUT2D eigenvalue weighted by Crippen LogP contribution is 2.15. The van der Waals surface area contributed by atoms with Gasteiger partial charge in [0.2, 0.25) is 0 Å². The maximum atomic E-state index is 13.3. The van der Waals surface area contributed by atoms with Crippen LogP contribution in [0.25, 0.3) is 0 Å². The van der Waals surface area contributed by atoms with Crippen LogP contribution in [0.15, 0.2) is 24.3 Å². The van der Waals surface area contributed by atoms with E-state index in [-0.39, 0.29) is 17.5 Å². The zero-order valence-electron chi connectivity index (χ0n) is 12.3. The number of rotatable bonds is 8. The van der Waals surface area contributed by atoms with Crippen LogP contribution < -0.4 is 4.74 Å². The summed E-state index contributed by atoms with van der Waals surface area (Å²) in [6.07, 6.45) is 0.201. The quantitative estimate of drug-likeness (QED) is 0.688. The van der Waals surface area contributed by atoms with Gasteiger partial charge in [-0.25, -0.2) is 4.39 Å². The van der Waals surface area contributed by atoms with E-state index in [1.807, 2.05) is 6.92 Å². The lowest BCUT2D eigenvalue weighted by Crippen LogP contribution is -2.37. The summed E-state index contributed by atoms with van der Waals surface area (Å²) >= 11 is 0. The van der Waals surface area contributed by atoms with Gasteiger partial charge in [-0.05, 0) is 32.4 Å². The number of halogens is 1. The zero-order valence-corrected chi connectivity index (χ0v) is 12.3. The summed E-state index contributed by atoms with van der Waals surface area (Å²) < 4.78 is 23.9. The third-order valence-corrected chi connectivity index (χ3v) is 2.87. The molecule has 1 amide bonds. The van der Waals surface area contributed by atoms with Gasteiger partial charge in [0.05, 0.1) is 6.61 Å². The van der Waals surface area contributed by atoms with Crippen LogP contribution >= 0.6 is 0 Å². The first kappa shape index (κ1) is 16.4. The molecule has 0 N–H and O–H groups in total. The van der Waals surface area contributed by atoms with Crippen LogP contribution in [-0.2, 0) is 9.53 Å². The zero-order chi connectivity index (χ0) is 15.0. The maximum Gasteiger partial charge on any atom is 0.251 e. The molecule has 112 valence electrons. The maximum absolute atomic E-state index is 13.3. The molecule has 0 aliphatic carbocycles. The molecule has 0 radical (unpaired) electrons. The number of amides is 1. The summed E-state index contributed by atoms with van der Waals surface area (Å²) in [6, 6.07) is 6.28. The van der Waals surface area contributed by atoms with Gasteiger partial charge in [0, 0.05) is 20.2 Å². The van der Waals surface area contributed by atoms with Crippen LogP contribution in [-0.4, -0.2) is 43.7 Å². The SMILES string of the molecule is CCO[C@@H](C)C(=O)N(C)CCCOc1ccccc1F. The number of carbonyl (C=O) groups excluding carboxylic acids is 1. The summed E-state index contributed by atoms with van der Waals surface area (Å²) in [5, 5.41) is 0. The lowest BCUT2D eigenvalue weighted by molar-refractivity contribution is -0.141. The molecule has 5 heteroatoms. The van der Waals surface area contributed by atoms with Gasteiger partial charge in [0.25, 0.3) is 5.91 Å². The Balaban J connectivity index is 2.27. The lowest BCUT2D eigenvalue weighted by Gasteiger charge is -2.21. The van der Waals surface area contributed by atoms with Crippen molar-refractivity contribution in [1.29, 1.82) is 0 Å². The molecule has 1 atom stereocenters. The van der Waals surface area contributed by atoms with E-state index in [9.17, 15) is 9.18 Å². The summed E-state index contributed by atoms with van der Waals surface area (Å²) in [5.41, 5.74) is 0. The van der Waals surface area contributed by atoms with E-state index < -0.39 is 6.10 Å². The fraction of sp³-hybridized carbons (Fsp3) is 0.533. The van der Waals surface area contributed by atoms with Gasteiger partial charge in [0.15, 0.2) is 11.6 Å². The number of nitrogens with zero attached hydrogens (tertiary/aromatic N) is 1. The smallest absolute Gasteiger partial charge is 0.251 e. The molecule has 0 aliphatic rings. The molecule has 1 aromatic carbocycles. The van der Waals surface area contributed by atoms with E-state index >= 15 is 0 Å². The Morgan fingerprint density at radius 2 is 2.10 bits per heavy atom. The van der Waals surface area contributed by atoms with Gasteiger partial charge < -0.3 is 14.4 Å². The van der Waals surface area contributed by atoms with Crippen molar-refractivity contribution in [1.82, 2.24) is 4.90 Å². The standard InChI is InChI=1S/C15H22FNO3/c1-4-19-12(2)15(18)17(3)10-7-11-20-14-9-6-5-8-13(14)16/h5-6,8-9,12H,4,7,10-11H2,1-3H3/t12-/m0/s1. The summed E-state index contributed by atoms with van der Waals surface area (Å²) in [6.45, 7) is 5.01. The Labute approximate surface area is 119 Å². The highest BCUT2D eigenvalue weighted by atomic mass is 19.1. The van der Waals surface area contributed by atoms with Gasteiger partial charge in [-0.3, -0.25) is 4.79 Å². The van der Waals surface area contributed by atoms with Gasteiger partial charge in [0.1, 0.15) is 6.10 Å². The molecule has 0 spiro atoms. The predicted octanol–water partition coefficient (Wildman–Crippen LogP) is 2.48. The van der Waals surface area contributed by atoms with Crippen molar-refractivity contribution >= 4 is 5.91 Å². The number of ether oxygens (including phenoxy) is 2. The van der Waals surface area contributed by atoms with Crippen LogP contribution in [0.3, 0.4) is 0 Å². The monoisotopic (exact) mass is 283 g/mol. The highest BCUT2D eigenvalue weighted by Gasteiger charge is 2.16. The molecule has 1 aromatic rings. The molecule has 0 bridgehead atoms. The molecule has 0 saturated carbocycles. The molecule has 1 rings (SSSR count). The molecule has 0 fully saturated rings. The molecule has 0 unspecified atom stereocenters. The Morgan fingerprint density at radius 3 is 2.75 bits per heavy atom.